The van der Waals surface area contributed by atoms with Gasteiger partial charge in [-0.05, 0) is 18.2 Å². The standard InChI is InChI=1S/C13H12Cl2N2O3/c14-9-2-1-8(7-10(9)15)16-11(18)5-6-17-12(19)3-4-13(17)20/h1-2,7H,3-6H2,(H,16,18). The third-order valence-electron chi connectivity index (χ3n) is 2.92. The molecule has 0 bridgehead atoms. The van der Waals surface area contributed by atoms with Crippen molar-refractivity contribution in [2.45, 2.75) is 19.3 Å². The maximum Gasteiger partial charge on any atom is 0.229 e. The molecular formula is C13H12Cl2N2O3. The van der Waals surface area contributed by atoms with Crippen molar-refractivity contribution < 1.29 is 14.4 Å². The number of nitrogens with zero attached hydrogens (tertiary/aromatic N) is 1. The molecule has 0 aromatic heterocycles. The molecule has 20 heavy (non-hydrogen) atoms. The van der Waals surface area contributed by atoms with Gasteiger partial charge < -0.3 is 5.32 Å². The Morgan fingerprint density at radius 3 is 2.40 bits per heavy atom. The van der Waals surface area contributed by atoms with E-state index in [1.807, 2.05) is 0 Å². The minimum atomic E-state index is -0.295. The van der Waals surface area contributed by atoms with E-state index in [4.69, 9.17) is 23.2 Å². The molecule has 2 rings (SSSR count). The average Bonchev–Trinajstić information content (AvgIpc) is 2.71. The van der Waals surface area contributed by atoms with E-state index in [-0.39, 0.29) is 43.5 Å². The fourth-order valence-electron chi connectivity index (χ4n) is 1.88. The molecule has 1 N–H and O–H groups in total. The second-order valence-electron chi connectivity index (χ2n) is 4.37. The predicted molar refractivity (Wildman–Crippen MR) is 75.7 cm³/mol. The average molecular weight is 315 g/mol. The Balaban J connectivity index is 1.88. The van der Waals surface area contributed by atoms with E-state index in [0.717, 1.165) is 4.90 Å². The van der Waals surface area contributed by atoms with Crippen LogP contribution in [0.3, 0.4) is 0 Å². The summed E-state index contributed by atoms with van der Waals surface area (Å²) in [6, 6.07) is 4.74. The number of hydrogen-bond donors (Lipinski definition) is 1. The third-order valence-corrected chi connectivity index (χ3v) is 3.66. The Bertz CT molecular complexity index is 559. The first kappa shape index (κ1) is 14.8. The zero-order valence-electron chi connectivity index (χ0n) is 10.5. The van der Waals surface area contributed by atoms with E-state index < -0.39 is 0 Å². The molecule has 1 aromatic rings. The largest absolute Gasteiger partial charge is 0.326 e. The lowest BCUT2D eigenvalue weighted by Crippen LogP contribution is -2.32. The van der Waals surface area contributed by atoms with Gasteiger partial charge >= 0.3 is 0 Å². The molecule has 0 atom stereocenters. The number of nitrogens with one attached hydrogen (secondary N) is 1. The van der Waals surface area contributed by atoms with Crippen molar-refractivity contribution >= 4 is 46.6 Å². The number of likely N-dealkylation sites (tertiary alicyclic amines) is 1. The summed E-state index contributed by atoms with van der Waals surface area (Å²) in [6.07, 6.45) is 0.512. The molecule has 3 amide bonds. The van der Waals surface area contributed by atoms with Crippen LogP contribution in [0.15, 0.2) is 18.2 Å². The summed E-state index contributed by atoms with van der Waals surface area (Å²) >= 11 is 11.6. The molecule has 1 aromatic carbocycles. The van der Waals surface area contributed by atoms with Crippen molar-refractivity contribution in [1.82, 2.24) is 4.90 Å². The van der Waals surface area contributed by atoms with Gasteiger partial charge in [-0.15, -0.1) is 0 Å². The van der Waals surface area contributed by atoms with E-state index in [1.54, 1.807) is 12.1 Å². The maximum atomic E-state index is 11.7. The first-order valence-electron chi connectivity index (χ1n) is 6.05. The zero-order valence-corrected chi connectivity index (χ0v) is 12.0. The minimum absolute atomic E-state index is 0.0533. The number of rotatable bonds is 4. The molecule has 5 nitrogen and oxygen atoms in total. The van der Waals surface area contributed by atoms with Crippen molar-refractivity contribution in [3.8, 4) is 0 Å². The Hall–Kier alpha value is -1.59. The van der Waals surface area contributed by atoms with Gasteiger partial charge in [-0.3, -0.25) is 19.3 Å². The monoisotopic (exact) mass is 314 g/mol. The molecule has 0 saturated carbocycles. The highest BCUT2D eigenvalue weighted by Gasteiger charge is 2.28. The number of hydrogen-bond acceptors (Lipinski definition) is 3. The molecule has 0 unspecified atom stereocenters. The minimum Gasteiger partial charge on any atom is -0.326 e. The molecule has 1 heterocycles. The number of carbonyl (C=O) groups excluding carboxylic acids is 3. The summed E-state index contributed by atoms with van der Waals surface area (Å²) in [5.41, 5.74) is 0.517. The van der Waals surface area contributed by atoms with Crippen LogP contribution in [0.1, 0.15) is 19.3 Å². The predicted octanol–water partition coefficient (Wildman–Crippen LogP) is 2.47. The van der Waals surface area contributed by atoms with Crippen LogP contribution in [-0.2, 0) is 14.4 Å². The van der Waals surface area contributed by atoms with E-state index >= 15 is 0 Å². The lowest BCUT2D eigenvalue weighted by atomic mass is 10.3. The van der Waals surface area contributed by atoms with E-state index in [1.165, 1.54) is 6.07 Å². The van der Waals surface area contributed by atoms with Gasteiger partial charge in [0.15, 0.2) is 0 Å². The molecule has 106 valence electrons. The van der Waals surface area contributed by atoms with Crippen LogP contribution in [0, 0.1) is 0 Å². The maximum absolute atomic E-state index is 11.7. The normalized spacial score (nSPS) is 14.8. The van der Waals surface area contributed by atoms with Gasteiger partial charge in [-0.2, -0.15) is 0 Å². The molecule has 0 aliphatic carbocycles. The van der Waals surface area contributed by atoms with Crippen LogP contribution < -0.4 is 5.32 Å². The molecule has 0 spiro atoms. The van der Waals surface area contributed by atoms with Gasteiger partial charge in [-0.1, -0.05) is 23.2 Å². The summed E-state index contributed by atoms with van der Waals surface area (Å²) in [4.78, 5) is 35.6. The summed E-state index contributed by atoms with van der Waals surface area (Å²) in [6.45, 7) is 0.102. The van der Waals surface area contributed by atoms with Gasteiger partial charge in [0.05, 0.1) is 10.0 Å². The first-order chi connectivity index (χ1) is 9.47. The van der Waals surface area contributed by atoms with Crippen LogP contribution in [0.25, 0.3) is 0 Å². The molecule has 1 aliphatic heterocycles. The van der Waals surface area contributed by atoms with Crippen molar-refractivity contribution in [1.29, 1.82) is 0 Å². The quantitative estimate of drug-likeness (QED) is 0.868. The zero-order chi connectivity index (χ0) is 14.7. The van der Waals surface area contributed by atoms with Crippen LogP contribution >= 0.6 is 23.2 Å². The fourth-order valence-corrected chi connectivity index (χ4v) is 2.18. The number of amides is 3. The lowest BCUT2D eigenvalue weighted by molar-refractivity contribution is -0.138. The second kappa shape index (κ2) is 6.24. The van der Waals surface area contributed by atoms with Gasteiger partial charge in [-0.25, -0.2) is 0 Å². The summed E-state index contributed by atoms with van der Waals surface area (Å²) in [7, 11) is 0. The molecule has 1 aliphatic rings. The number of imide groups is 1. The van der Waals surface area contributed by atoms with Crippen molar-refractivity contribution in [3.05, 3.63) is 28.2 Å². The lowest BCUT2D eigenvalue weighted by Gasteiger charge is -2.13. The third kappa shape index (κ3) is 3.49. The molecular weight excluding hydrogens is 303 g/mol. The smallest absolute Gasteiger partial charge is 0.229 e. The van der Waals surface area contributed by atoms with Crippen molar-refractivity contribution in [2.75, 3.05) is 11.9 Å². The number of benzene rings is 1. The summed E-state index contributed by atoms with van der Waals surface area (Å²) in [5, 5.41) is 3.38. The number of carbonyl (C=O) groups is 3. The molecule has 1 saturated heterocycles. The van der Waals surface area contributed by atoms with Gasteiger partial charge in [0.25, 0.3) is 0 Å². The van der Waals surface area contributed by atoms with Gasteiger partial charge in [0.1, 0.15) is 0 Å². The fraction of sp³-hybridized carbons (Fsp3) is 0.308. The van der Waals surface area contributed by atoms with Gasteiger partial charge in [0, 0.05) is 31.5 Å². The highest BCUT2D eigenvalue weighted by atomic mass is 35.5. The van der Waals surface area contributed by atoms with Crippen molar-refractivity contribution in [2.24, 2.45) is 0 Å². The first-order valence-corrected chi connectivity index (χ1v) is 6.81. The summed E-state index contributed by atoms with van der Waals surface area (Å²) in [5.74, 6) is -0.745. The van der Waals surface area contributed by atoms with Crippen LogP contribution in [0.4, 0.5) is 5.69 Å². The Labute approximate surface area is 125 Å². The van der Waals surface area contributed by atoms with Crippen LogP contribution in [-0.4, -0.2) is 29.2 Å². The Kier molecular flexibility index (Phi) is 4.62. The molecule has 0 radical (unpaired) electrons. The second-order valence-corrected chi connectivity index (χ2v) is 5.18. The topological polar surface area (TPSA) is 66.5 Å². The van der Waals surface area contributed by atoms with E-state index in [2.05, 4.69) is 5.32 Å². The Morgan fingerprint density at radius 2 is 1.80 bits per heavy atom. The highest BCUT2D eigenvalue weighted by molar-refractivity contribution is 6.42. The summed E-state index contributed by atoms with van der Waals surface area (Å²) < 4.78 is 0. The van der Waals surface area contributed by atoms with Crippen molar-refractivity contribution in [3.63, 3.8) is 0 Å². The van der Waals surface area contributed by atoms with E-state index in [9.17, 15) is 14.4 Å². The number of anilines is 1. The molecule has 1 fully saturated rings. The van der Waals surface area contributed by atoms with Gasteiger partial charge in [0.2, 0.25) is 17.7 Å². The molecule has 7 heteroatoms. The van der Waals surface area contributed by atoms with Crippen LogP contribution in [0.5, 0.6) is 0 Å². The number of halogens is 2. The van der Waals surface area contributed by atoms with E-state index in [0.29, 0.717) is 15.7 Å². The Morgan fingerprint density at radius 1 is 1.15 bits per heavy atom. The highest BCUT2D eigenvalue weighted by Crippen LogP contribution is 2.25. The SMILES string of the molecule is O=C(CCN1C(=O)CCC1=O)Nc1ccc(Cl)c(Cl)c1. The van der Waals surface area contributed by atoms with Crippen LogP contribution in [0.2, 0.25) is 10.0 Å².